The van der Waals surface area contributed by atoms with Crippen molar-refractivity contribution < 1.29 is 24.1 Å². The van der Waals surface area contributed by atoms with Gasteiger partial charge < -0.3 is 24.1 Å². The topological polar surface area (TPSA) is 57.2 Å². The van der Waals surface area contributed by atoms with Crippen LogP contribution in [0.15, 0.2) is 30.2 Å². The fourth-order valence-electron chi connectivity index (χ4n) is 3.89. The van der Waals surface area contributed by atoms with Crippen LogP contribution < -0.4 is 4.74 Å². The average Bonchev–Trinajstić information content (AvgIpc) is 3.08. The lowest BCUT2D eigenvalue weighted by atomic mass is 9.75. The first-order chi connectivity index (χ1) is 12.5. The van der Waals surface area contributed by atoms with Crippen LogP contribution in [0.2, 0.25) is 0 Å². The predicted octanol–water partition coefficient (Wildman–Crippen LogP) is 4.77. The average molecular weight is 362 g/mol. The van der Waals surface area contributed by atoms with Gasteiger partial charge in [0, 0.05) is 5.56 Å². The van der Waals surface area contributed by atoms with Crippen LogP contribution in [0.3, 0.4) is 0 Å². The molecular weight excluding hydrogens is 332 g/mol. The molecule has 1 aromatic rings. The molecule has 4 unspecified atom stereocenters. The Bertz CT molecular complexity index is 639. The summed E-state index contributed by atoms with van der Waals surface area (Å²) in [6, 6.07) is 5.11. The minimum atomic E-state index is -0.559. The van der Waals surface area contributed by atoms with Gasteiger partial charge in [-0.25, -0.2) is 0 Å². The highest BCUT2D eigenvalue weighted by atomic mass is 16.7. The van der Waals surface area contributed by atoms with Gasteiger partial charge in [-0.1, -0.05) is 27.2 Å². The van der Waals surface area contributed by atoms with Crippen molar-refractivity contribution in [1.82, 2.24) is 0 Å². The summed E-state index contributed by atoms with van der Waals surface area (Å²) in [7, 11) is 1.52. The second kappa shape index (κ2) is 8.21. The van der Waals surface area contributed by atoms with Gasteiger partial charge in [-0.15, -0.1) is 0 Å². The molecule has 144 valence electrons. The number of benzene rings is 1. The normalized spacial score (nSPS) is 28.4. The maximum atomic E-state index is 9.92. The van der Waals surface area contributed by atoms with Crippen LogP contribution >= 0.6 is 0 Å². The molecular formula is C21H30O5. The Kier molecular flexibility index (Phi) is 5.97. The van der Waals surface area contributed by atoms with E-state index in [1.807, 2.05) is 6.07 Å². The molecule has 5 nitrogen and oxygen atoms in total. The molecule has 0 spiro atoms. The number of methoxy groups -OCH3 is 1. The summed E-state index contributed by atoms with van der Waals surface area (Å²) >= 11 is 0. The minimum Gasteiger partial charge on any atom is -0.504 e. The highest BCUT2D eigenvalue weighted by Gasteiger charge is 2.32. The van der Waals surface area contributed by atoms with Gasteiger partial charge in [0.2, 0.25) is 0 Å². The van der Waals surface area contributed by atoms with Gasteiger partial charge in [0.15, 0.2) is 17.3 Å². The maximum Gasteiger partial charge on any atom is 0.266 e. The molecule has 2 aliphatic rings. The third-order valence-corrected chi connectivity index (χ3v) is 5.46. The van der Waals surface area contributed by atoms with Gasteiger partial charge in [0.1, 0.15) is 12.9 Å². The zero-order chi connectivity index (χ0) is 18.7. The van der Waals surface area contributed by atoms with Crippen molar-refractivity contribution in [2.75, 3.05) is 13.7 Å². The van der Waals surface area contributed by atoms with Crippen molar-refractivity contribution in [3.8, 4) is 11.5 Å². The van der Waals surface area contributed by atoms with Crippen LogP contribution in [0.4, 0.5) is 0 Å². The molecule has 0 aromatic heterocycles. The maximum absolute atomic E-state index is 9.92. The van der Waals surface area contributed by atoms with Crippen LogP contribution in [-0.2, 0) is 14.2 Å². The summed E-state index contributed by atoms with van der Waals surface area (Å²) < 4.78 is 22.7. The molecule has 1 fully saturated rings. The molecule has 1 aliphatic heterocycles. The number of phenolic OH excluding ortho intramolecular Hbond substituents is 1. The van der Waals surface area contributed by atoms with E-state index in [0.29, 0.717) is 35.9 Å². The summed E-state index contributed by atoms with van der Waals surface area (Å²) in [5.74, 6) is 3.11. The fourth-order valence-corrected chi connectivity index (χ4v) is 3.89. The highest BCUT2D eigenvalue weighted by molar-refractivity contribution is 5.42. The first kappa shape index (κ1) is 18.9. The van der Waals surface area contributed by atoms with E-state index < -0.39 is 6.29 Å². The van der Waals surface area contributed by atoms with Crippen molar-refractivity contribution in [3.05, 3.63) is 35.8 Å². The summed E-state index contributed by atoms with van der Waals surface area (Å²) in [5.41, 5.74) is 0.737. The molecule has 4 atom stereocenters. The molecule has 1 N–H and O–H groups in total. The quantitative estimate of drug-likeness (QED) is 0.790. The van der Waals surface area contributed by atoms with E-state index in [9.17, 15) is 5.11 Å². The monoisotopic (exact) mass is 362 g/mol. The first-order valence-corrected chi connectivity index (χ1v) is 9.47. The van der Waals surface area contributed by atoms with E-state index in [-0.39, 0.29) is 11.9 Å². The lowest BCUT2D eigenvalue weighted by Crippen LogP contribution is -2.34. The van der Waals surface area contributed by atoms with Crippen molar-refractivity contribution in [1.29, 1.82) is 0 Å². The zero-order valence-corrected chi connectivity index (χ0v) is 16.1. The highest BCUT2D eigenvalue weighted by Crippen LogP contribution is 2.37. The number of hydrogen-bond donors (Lipinski definition) is 1. The van der Waals surface area contributed by atoms with Crippen LogP contribution in [-0.4, -0.2) is 24.9 Å². The van der Waals surface area contributed by atoms with Crippen molar-refractivity contribution in [2.24, 2.45) is 17.8 Å². The molecule has 0 radical (unpaired) electrons. The largest absolute Gasteiger partial charge is 0.504 e. The Balaban J connectivity index is 1.55. The summed E-state index contributed by atoms with van der Waals surface area (Å²) in [6.45, 7) is 7.27. The van der Waals surface area contributed by atoms with Gasteiger partial charge in [-0.05, 0) is 48.8 Å². The summed E-state index contributed by atoms with van der Waals surface area (Å²) in [5, 5.41) is 9.92. The summed E-state index contributed by atoms with van der Waals surface area (Å²) in [4.78, 5) is 0. The molecule has 0 saturated heterocycles. The van der Waals surface area contributed by atoms with Crippen molar-refractivity contribution in [3.63, 3.8) is 0 Å². The predicted molar refractivity (Wildman–Crippen MR) is 98.7 cm³/mol. The summed E-state index contributed by atoms with van der Waals surface area (Å²) in [6.07, 6.45) is 4.95. The molecule has 5 heteroatoms. The Morgan fingerprint density at radius 3 is 2.77 bits per heavy atom. The number of rotatable bonds is 6. The number of aromatic hydroxyl groups is 1. The molecule has 1 aliphatic carbocycles. The zero-order valence-electron chi connectivity index (χ0n) is 16.1. The minimum absolute atomic E-state index is 0.0675. The van der Waals surface area contributed by atoms with Gasteiger partial charge in [-0.3, -0.25) is 0 Å². The van der Waals surface area contributed by atoms with Gasteiger partial charge in [0.25, 0.3) is 6.29 Å². The van der Waals surface area contributed by atoms with E-state index in [4.69, 9.17) is 18.9 Å². The number of hydrogen-bond acceptors (Lipinski definition) is 5. The van der Waals surface area contributed by atoms with E-state index >= 15 is 0 Å². The Hall–Kier alpha value is -1.88. The Morgan fingerprint density at radius 2 is 2.08 bits per heavy atom. The lowest BCUT2D eigenvalue weighted by molar-refractivity contribution is -0.0674. The molecule has 0 amide bonds. The molecule has 3 rings (SSSR count). The molecule has 1 saturated carbocycles. The van der Waals surface area contributed by atoms with E-state index in [2.05, 4.69) is 20.8 Å². The van der Waals surface area contributed by atoms with Gasteiger partial charge in [0.05, 0.1) is 13.2 Å². The van der Waals surface area contributed by atoms with Crippen molar-refractivity contribution >= 4 is 0 Å². The number of phenols is 1. The molecule has 26 heavy (non-hydrogen) atoms. The van der Waals surface area contributed by atoms with Crippen molar-refractivity contribution in [2.45, 2.75) is 52.4 Å². The first-order valence-electron chi connectivity index (χ1n) is 9.47. The van der Waals surface area contributed by atoms with Gasteiger partial charge >= 0.3 is 0 Å². The molecule has 0 bridgehead atoms. The van der Waals surface area contributed by atoms with Crippen LogP contribution in [0.1, 0.15) is 51.9 Å². The molecule has 1 aromatic carbocycles. The lowest BCUT2D eigenvalue weighted by Gasteiger charge is -2.37. The van der Waals surface area contributed by atoms with Crippen LogP contribution in [0.5, 0.6) is 11.5 Å². The van der Waals surface area contributed by atoms with Crippen LogP contribution in [0, 0.1) is 17.8 Å². The second-order valence-electron chi connectivity index (χ2n) is 7.78. The van der Waals surface area contributed by atoms with E-state index in [1.165, 1.54) is 20.0 Å². The second-order valence-corrected chi connectivity index (χ2v) is 7.78. The standard InChI is InChI=1S/C21H30O5/c1-13(2)17-7-5-14(3)9-20(17)24-11-16-12-25-21(26-16)15-6-8-19(23-4)18(22)10-15/h6,8,10,12-14,17,20-22H,5,7,9,11H2,1-4H3. The smallest absolute Gasteiger partial charge is 0.266 e. The van der Waals surface area contributed by atoms with Crippen LogP contribution in [0.25, 0.3) is 0 Å². The molecule has 1 heterocycles. The Morgan fingerprint density at radius 1 is 1.27 bits per heavy atom. The SMILES string of the molecule is COc1ccc(C2OC=C(COC3CC(C)CCC3C(C)C)O2)cc1O. The van der Waals surface area contributed by atoms with E-state index in [1.54, 1.807) is 18.4 Å². The fraction of sp³-hybridized carbons (Fsp3) is 0.619. The third-order valence-electron chi connectivity index (χ3n) is 5.46. The van der Waals surface area contributed by atoms with E-state index in [0.717, 1.165) is 12.0 Å². The van der Waals surface area contributed by atoms with Gasteiger partial charge in [-0.2, -0.15) is 0 Å². The third kappa shape index (κ3) is 4.26. The Labute approximate surface area is 155 Å². The number of ether oxygens (including phenoxy) is 4.